The predicted molar refractivity (Wildman–Crippen MR) is 86.2 cm³/mol. The number of methoxy groups -OCH3 is 1. The van der Waals surface area contributed by atoms with Crippen LogP contribution < -0.4 is 4.74 Å². The number of ether oxygens (including phenoxy) is 1. The van der Waals surface area contributed by atoms with Crippen LogP contribution in [0.15, 0.2) is 28.8 Å². The van der Waals surface area contributed by atoms with Crippen molar-refractivity contribution >= 4 is 5.91 Å². The molecular formula is C18H22N2O3. The van der Waals surface area contributed by atoms with Crippen LogP contribution in [0.4, 0.5) is 0 Å². The second-order valence-electron chi connectivity index (χ2n) is 6.08. The van der Waals surface area contributed by atoms with Crippen LogP contribution in [0.5, 0.6) is 5.75 Å². The Morgan fingerprint density at radius 1 is 1.30 bits per heavy atom. The lowest BCUT2D eigenvalue weighted by molar-refractivity contribution is -0.131. The summed E-state index contributed by atoms with van der Waals surface area (Å²) in [6.07, 6.45) is 2.53. The number of nitrogens with zero attached hydrogens (tertiary/aromatic N) is 2. The molecule has 1 aromatic carbocycles. The number of aromatic nitrogens is 1. The van der Waals surface area contributed by atoms with Gasteiger partial charge in [-0.15, -0.1) is 0 Å². The molecule has 0 saturated heterocycles. The average Bonchev–Trinajstić information content (AvgIpc) is 3.35. The maximum absolute atomic E-state index is 12.8. The molecule has 5 heteroatoms. The molecule has 1 aliphatic carbocycles. The van der Waals surface area contributed by atoms with Gasteiger partial charge in [-0.25, -0.2) is 0 Å². The number of carbonyl (C=O) groups excluding carboxylic acids is 1. The van der Waals surface area contributed by atoms with Crippen molar-refractivity contribution in [3.05, 3.63) is 46.8 Å². The highest BCUT2D eigenvalue weighted by Crippen LogP contribution is 2.30. The Labute approximate surface area is 136 Å². The Morgan fingerprint density at radius 2 is 2.00 bits per heavy atom. The van der Waals surface area contributed by atoms with E-state index >= 15 is 0 Å². The van der Waals surface area contributed by atoms with Gasteiger partial charge in [0.1, 0.15) is 11.5 Å². The molecule has 0 unspecified atom stereocenters. The molecule has 23 heavy (non-hydrogen) atoms. The maximum Gasteiger partial charge on any atom is 0.227 e. The first-order valence-corrected chi connectivity index (χ1v) is 7.92. The van der Waals surface area contributed by atoms with Crippen molar-refractivity contribution in [1.29, 1.82) is 0 Å². The number of aryl methyl sites for hydroxylation is 2. The molecule has 2 aromatic rings. The lowest BCUT2D eigenvalue weighted by Crippen LogP contribution is -2.34. The van der Waals surface area contributed by atoms with E-state index in [1.165, 1.54) is 0 Å². The third-order valence-corrected chi connectivity index (χ3v) is 4.33. The van der Waals surface area contributed by atoms with Gasteiger partial charge in [0.15, 0.2) is 0 Å². The summed E-state index contributed by atoms with van der Waals surface area (Å²) >= 11 is 0. The molecule has 1 aromatic heterocycles. The first-order valence-electron chi connectivity index (χ1n) is 7.92. The summed E-state index contributed by atoms with van der Waals surface area (Å²) in [5, 5.41) is 3.93. The van der Waals surface area contributed by atoms with Crippen molar-refractivity contribution in [2.45, 2.75) is 45.7 Å². The quantitative estimate of drug-likeness (QED) is 0.822. The largest absolute Gasteiger partial charge is 0.497 e. The molecule has 5 nitrogen and oxygen atoms in total. The summed E-state index contributed by atoms with van der Waals surface area (Å²) in [4.78, 5) is 14.7. The average molecular weight is 314 g/mol. The lowest BCUT2D eigenvalue weighted by Gasteiger charge is -2.22. The molecule has 3 rings (SSSR count). The Kier molecular flexibility index (Phi) is 4.37. The fourth-order valence-corrected chi connectivity index (χ4v) is 2.74. The SMILES string of the molecule is COc1ccc(CN(C(=O)Cc2c(C)noc2C)C2CC2)cc1. The highest BCUT2D eigenvalue weighted by atomic mass is 16.5. The van der Waals surface area contributed by atoms with E-state index in [2.05, 4.69) is 5.16 Å². The van der Waals surface area contributed by atoms with E-state index in [1.807, 2.05) is 43.0 Å². The Hall–Kier alpha value is -2.30. The topological polar surface area (TPSA) is 55.6 Å². The van der Waals surface area contributed by atoms with E-state index in [0.717, 1.165) is 41.2 Å². The first-order chi connectivity index (χ1) is 11.1. The lowest BCUT2D eigenvalue weighted by atomic mass is 10.1. The molecule has 1 aliphatic rings. The predicted octanol–water partition coefficient (Wildman–Crippen LogP) is 3.03. The van der Waals surface area contributed by atoms with Gasteiger partial charge in [0.2, 0.25) is 5.91 Å². The fourth-order valence-electron chi connectivity index (χ4n) is 2.74. The van der Waals surface area contributed by atoms with Gasteiger partial charge in [-0.2, -0.15) is 0 Å². The number of benzene rings is 1. The van der Waals surface area contributed by atoms with Crippen LogP contribution in [0.3, 0.4) is 0 Å². The Morgan fingerprint density at radius 3 is 2.52 bits per heavy atom. The van der Waals surface area contributed by atoms with E-state index in [-0.39, 0.29) is 5.91 Å². The standard InChI is InChI=1S/C18H22N2O3/c1-12-17(13(2)23-19-12)10-18(21)20(15-6-7-15)11-14-4-8-16(22-3)9-5-14/h4-5,8-9,15H,6-7,10-11H2,1-3H3. The molecule has 0 N–H and O–H groups in total. The third kappa shape index (κ3) is 3.55. The highest BCUT2D eigenvalue weighted by Gasteiger charge is 2.33. The summed E-state index contributed by atoms with van der Waals surface area (Å²) in [5.41, 5.74) is 2.83. The van der Waals surface area contributed by atoms with Gasteiger partial charge < -0.3 is 14.2 Å². The molecule has 0 spiro atoms. The molecule has 1 heterocycles. The van der Waals surface area contributed by atoms with Gasteiger partial charge in [0.05, 0.1) is 19.2 Å². The Bertz CT molecular complexity index is 667. The van der Waals surface area contributed by atoms with Crippen LogP contribution in [0.1, 0.15) is 35.4 Å². The van der Waals surface area contributed by atoms with E-state index in [9.17, 15) is 4.79 Å². The van der Waals surface area contributed by atoms with Crippen molar-refractivity contribution in [3.63, 3.8) is 0 Å². The molecule has 0 atom stereocenters. The van der Waals surface area contributed by atoms with Crippen molar-refractivity contribution in [2.75, 3.05) is 7.11 Å². The summed E-state index contributed by atoms with van der Waals surface area (Å²) < 4.78 is 10.3. The van der Waals surface area contributed by atoms with Crippen molar-refractivity contribution in [2.24, 2.45) is 0 Å². The number of carbonyl (C=O) groups is 1. The second-order valence-corrected chi connectivity index (χ2v) is 6.08. The zero-order valence-electron chi connectivity index (χ0n) is 13.8. The van der Waals surface area contributed by atoms with E-state index in [0.29, 0.717) is 19.0 Å². The molecule has 1 saturated carbocycles. The molecule has 0 radical (unpaired) electrons. The van der Waals surface area contributed by atoms with Crippen LogP contribution in [0.25, 0.3) is 0 Å². The van der Waals surface area contributed by atoms with Gasteiger partial charge in [-0.3, -0.25) is 4.79 Å². The van der Waals surface area contributed by atoms with Gasteiger partial charge in [-0.1, -0.05) is 17.3 Å². The normalized spacial score (nSPS) is 13.9. The van der Waals surface area contributed by atoms with E-state index < -0.39 is 0 Å². The van der Waals surface area contributed by atoms with Gasteiger partial charge in [-0.05, 0) is 44.4 Å². The van der Waals surface area contributed by atoms with Crippen LogP contribution in [0.2, 0.25) is 0 Å². The summed E-state index contributed by atoms with van der Waals surface area (Å²) in [5.74, 6) is 1.70. The van der Waals surface area contributed by atoms with Gasteiger partial charge >= 0.3 is 0 Å². The smallest absolute Gasteiger partial charge is 0.227 e. The van der Waals surface area contributed by atoms with Gasteiger partial charge in [0.25, 0.3) is 0 Å². The maximum atomic E-state index is 12.8. The highest BCUT2D eigenvalue weighted by molar-refractivity contribution is 5.79. The number of rotatable bonds is 6. The van der Waals surface area contributed by atoms with Crippen molar-refractivity contribution in [1.82, 2.24) is 10.1 Å². The van der Waals surface area contributed by atoms with Gasteiger partial charge in [0, 0.05) is 18.2 Å². The van der Waals surface area contributed by atoms with Crippen LogP contribution in [-0.4, -0.2) is 29.1 Å². The molecule has 0 bridgehead atoms. The van der Waals surface area contributed by atoms with Crippen LogP contribution in [-0.2, 0) is 17.8 Å². The minimum Gasteiger partial charge on any atom is -0.497 e. The zero-order valence-corrected chi connectivity index (χ0v) is 13.8. The van der Waals surface area contributed by atoms with E-state index in [4.69, 9.17) is 9.26 Å². The van der Waals surface area contributed by atoms with Crippen molar-refractivity contribution in [3.8, 4) is 5.75 Å². The molecule has 0 aliphatic heterocycles. The third-order valence-electron chi connectivity index (χ3n) is 4.33. The fraction of sp³-hybridized carbons (Fsp3) is 0.444. The number of amides is 1. The van der Waals surface area contributed by atoms with Crippen molar-refractivity contribution < 1.29 is 14.1 Å². The zero-order chi connectivity index (χ0) is 16.4. The molecular weight excluding hydrogens is 292 g/mol. The first kappa shape index (κ1) is 15.6. The number of hydrogen-bond acceptors (Lipinski definition) is 4. The molecule has 122 valence electrons. The van der Waals surface area contributed by atoms with E-state index in [1.54, 1.807) is 7.11 Å². The van der Waals surface area contributed by atoms with Crippen LogP contribution in [0, 0.1) is 13.8 Å². The number of hydrogen-bond donors (Lipinski definition) is 0. The van der Waals surface area contributed by atoms with Crippen LogP contribution >= 0.6 is 0 Å². The minimum atomic E-state index is 0.137. The summed E-state index contributed by atoms with van der Waals surface area (Å²) in [6.45, 7) is 4.37. The molecule has 1 amide bonds. The molecule has 1 fully saturated rings. The summed E-state index contributed by atoms with van der Waals surface area (Å²) in [7, 11) is 1.65. The monoisotopic (exact) mass is 314 g/mol. The summed E-state index contributed by atoms with van der Waals surface area (Å²) in [6, 6.07) is 8.25. The second kappa shape index (κ2) is 6.44. The minimum absolute atomic E-state index is 0.137. The Balaban J connectivity index is 1.72.